The smallest absolute Gasteiger partial charge is 0.200 e. The van der Waals surface area contributed by atoms with Crippen molar-refractivity contribution in [3.63, 3.8) is 0 Å². The molecule has 6 aromatic carbocycles. The average molecular weight is 611 g/mol. The van der Waals surface area contributed by atoms with Gasteiger partial charge >= 0.3 is 0 Å². The Morgan fingerprint density at radius 2 is 1.19 bits per heavy atom. The maximum atomic E-state index is 14.1. The van der Waals surface area contributed by atoms with Gasteiger partial charge in [0, 0.05) is 39.0 Å². The molecule has 0 radical (unpaired) electrons. The van der Waals surface area contributed by atoms with E-state index in [0.717, 1.165) is 39.0 Å². The van der Waals surface area contributed by atoms with Gasteiger partial charge in [-0.3, -0.25) is 4.79 Å². The standard InChI is InChI=1S/C43H34N2O2/c1-25(2)27-22-34(26(3)4)41-39(23-27)47-38-24-29(18-19-33(38)43(41)46)45-35-16-10-8-14-30(35)31-20-21-37-40(42(31)45)32-15-9-11-17-36(32)44(37)28-12-6-5-7-13-28/h5-26H,1-4H3. The van der Waals surface area contributed by atoms with Gasteiger partial charge in [0.15, 0.2) is 0 Å². The van der Waals surface area contributed by atoms with Gasteiger partial charge in [0.1, 0.15) is 11.2 Å². The Kier molecular flexibility index (Phi) is 6.01. The number of hydrogen-bond donors (Lipinski definition) is 0. The Morgan fingerprint density at radius 3 is 1.94 bits per heavy atom. The number of para-hydroxylation sites is 3. The highest BCUT2D eigenvalue weighted by atomic mass is 16.3. The molecule has 9 rings (SSSR count). The van der Waals surface area contributed by atoms with Crippen LogP contribution in [0.25, 0.3) is 76.9 Å². The summed E-state index contributed by atoms with van der Waals surface area (Å²) in [6.45, 7) is 8.65. The zero-order chi connectivity index (χ0) is 32.0. The number of aromatic nitrogens is 2. The zero-order valence-electron chi connectivity index (χ0n) is 26.9. The second-order valence-corrected chi connectivity index (χ2v) is 13.3. The summed E-state index contributed by atoms with van der Waals surface area (Å²) in [5.74, 6) is 0.524. The molecule has 0 spiro atoms. The lowest BCUT2D eigenvalue weighted by molar-refractivity contribution is 0.656. The van der Waals surface area contributed by atoms with Gasteiger partial charge in [-0.15, -0.1) is 0 Å². The third-order valence-corrected chi connectivity index (χ3v) is 9.84. The van der Waals surface area contributed by atoms with Gasteiger partial charge in [0.05, 0.1) is 32.8 Å². The van der Waals surface area contributed by atoms with E-state index in [0.29, 0.717) is 27.9 Å². The Hall–Kier alpha value is -5.61. The summed E-state index contributed by atoms with van der Waals surface area (Å²) in [5, 5.41) is 6.06. The lowest BCUT2D eigenvalue weighted by Crippen LogP contribution is -2.08. The predicted molar refractivity (Wildman–Crippen MR) is 197 cm³/mol. The van der Waals surface area contributed by atoms with Crippen molar-refractivity contribution in [3.8, 4) is 11.4 Å². The number of rotatable bonds is 4. The van der Waals surface area contributed by atoms with Gasteiger partial charge < -0.3 is 13.6 Å². The number of fused-ring (bicyclic) bond motifs is 9. The second kappa shape index (κ2) is 10.2. The highest BCUT2D eigenvalue weighted by molar-refractivity contribution is 6.26. The summed E-state index contributed by atoms with van der Waals surface area (Å²) < 4.78 is 11.4. The van der Waals surface area contributed by atoms with Crippen LogP contribution in [-0.2, 0) is 0 Å². The molecule has 0 atom stereocenters. The molecule has 0 N–H and O–H groups in total. The van der Waals surface area contributed by atoms with Crippen LogP contribution in [0.15, 0.2) is 131 Å². The quantitative estimate of drug-likeness (QED) is 0.186. The molecule has 47 heavy (non-hydrogen) atoms. The van der Waals surface area contributed by atoms with E-state index in [-0.39, 0.29) is 11.3 Å². The fourth-order valence-electron chi connectivity index (χ4n) is 7.58. The highest BCUT2D eigenvalue weighted by Crippen LogP contribution is 2.42. The van der Waals surface area contributed by atoms with Gasteiger partial charge in [0.25, 0.3) is 0 Å². The molecule has 228 valence electrons. The van der Waals surface area contributed by atoms with E-state index >= 15 is 0 Å². The Morgan fingerprint density at radius 1 is 0.511 bits per heavy atom. The minimum absolute atomic E-state index is 0.0300. The van der Waals surface area contributed by atoms with Crippen LogP contribution in [0.5, 0.6) is 0 Å². The summed E-state index contributed by atoms with van der Waals surface area (Å²) >= 11 is 0. The molecule has 4 nitrogen and oxygen atoms in total. The van der Waals surface area contributed by atoms with Crippen molar-refractivity contribution in [2.75, 3.05) is 0 Å². The maximum Gasteiger partial charge on any atom is 0.200 e. The van der Waals surface area contributed by atoms with Crippen molar-refractivity contribution >= 4 is 65.6 Å². The molecular weight excluding hydrogens is 576 g/mol. The molecule has 4 heteroatoms. The normalized spacial score (nSPS) is 12.3. The molecular formula is C43H34N2O2. The number of benzene rings is 6. The average Bonchev–Trinajstić information content (AvgIpc) is 3.61. The van der Waals surface area contributed by atoms with Crippen molar-refractivity contribution in [2.45, 2.75) is 39.5 Å². The molecule has 3 aromatic heterocycles. The van der Waals surface area contributed by atoms with E-state index < -0.39 is 0 Å². The molecule has 0 aliphatic rings. The molecule has 0 aliphatic heterocycles. The topological polar surface area (TPSA) is 40.1 Å². The predicted octanol–water partition coefficient (Wildman–Crippen LogP) is 11.4. The Labute approximate surface area is 272 Å². The first-order chi connectivity index (χ1) is 22.9. The summed E-state index contributed by atoms with van der Waals surface area (Å²) in [6.07, 6.45) is 0. The van der Waals surface area contributed by atoms with Gasteiger partial charge in [-0.05, 0) is 71.5 Å². The molecule has 0 aliphatic carbocycles. The first kappa shape index (κ1) is 27.7. The highest BCUT2D eigenvalue weighted by Gasteiger charge is 2.22. The van der Waals surface area contributed by atoms with Crippen molar-refractivity contribution in [3.05, 3.63) is 143 Å². The van der Waals surface area contributed by atoms with Crippen LogP contribution in [0.2, 0.25) is 0 Å². The van der Waals surface area contributed by atoms with Crippen LogP contribution < -0.4 is 5.43 Å². The SMILES string of the molecule is CC(C)c1cc(C(C)C)c2c(=O)c3ccc(-n4c5ccccc5c5ccc6c(c7ccccc7n6-c6ccccc6)c54)cc3oc2c1. The van der Waals surface area contributed by atoms with Gasteiger partial charge in [-0.2, -0.15) is 0 Å². The van der Waals surface area contributed by atoms with E-state index in [1.807, 2.05) is 12.1 Å². The van der Waals surface area contributed by atoms with Crippen LogP contribution in [0.4, 0.5) is 0 Å². The first-order valence-corrected chi connectivity index (χ1v) is 16.5. The molecule has 0 bridgehead atoms. The molecule has 0 unspecified atom stereocenters. The third-order valence-electron chi connectivity index (χ3n) is 9.84. The second-order valence-electron chi connectivity index (χ2n) is 13.3. The van der Waals surface area contributed by atoms with Crippen LogP contribution in [0, 0.1) is 0 Å². The van der Waals surface area contributed by atoms with Crippen molar-refractivity contribution in [2.24, 2.45) is 0 Å². The van der Waals surface area contributed by atoms with Crippen LogP contribution in [0.3, 0.4) is 0 Å². The van der Waals surface area contributed by atoms with E-state index in [9.17, 15) is 4.79 Å². The maximum absolute atomic E-state index is 14.1. The molecule has 0 saturated carbocycles. The van der Waals surface area contributed by atoms with E-state index in [1.54, 1.807) is 0 Å². The molecule has 9 aromatic rings. The Balaban J connectivity index is 1.41. The fourth-order valence-corrected chi connectivity index (χ4v) is 7.58. The van der Waals surface area contributed by atoms with Crippen LogP contribution >= 0.6 is 0 Å². The summed E-state index contributed by atoms with van der Waals surface area (Å²) in [7, 11) is 0. The molecule has 0 saturated heterocycles. The zero-order valence-corrected chi connectivity index (χ0v) is 26.9. The van der Waals surface area contributed by atoms with E-state index in [1.165, 1.54) is 27.1 Å². The first-order valence-electron chi connectivity index (χ1n) is 16.5. The van der Waals surface area contributed by atoms with Crippen molar-refractivity contribution in [1.29, 1.82) is 0 Å². The van der Waals surface area contributed by atoms with Crippen LogP contribution in [-0.4, -0.2) is 9.13 Å². The van der Waals surface area contributed by atoms with E-state index in [4.69, 9.17) is 4.42 Å². The molecule has 0 amide bonds. The summed E-state index contributed by atoms with van der Waals surface area (Å²) in [4.78, 5) is 14.1. The molecule has 0 fully saturated rings. The van der Waals surface area contributed by atoms with Crippen LogP contribution in [0.1, 0.15) is 50.7 Å². The number of nitrogens with zero attached hydrogens (tertiary/aromatic N) is 2. The van der Waals surface area contributed by atoms with Crippen molar-refractivity contribution in [1.82, 2.24) is 9.13 Å². The fraction of sp³-hybridized carbons (Fsp3) is 0.140. The largest absolute Gasteiger partial charge is 0.456 e. The van der Waals surface area contributed by atoms with Crippen molar-refractivity contribution < 1.29 is 4.42 Å². The summed E-state index contributed by atoms with van der Waals surface area (Å²) in [5.41, 5.74) is 10.2. The minimum Gasteiger partial charge on any atom is -0.456 e. The summed E-state index contributed by atoms with van der Waals surface area (Å²) in [6, 6.07) is 42.6. The lowest BCUT2D eigenvalue weighted by atomic mass is 9.92. The Bertz CT molecular complexity index is 2760. The third kappa shape index (κ3) is 3.97. The van der Waals surface area contributed by atoms with Gasteiger partial charge in [-0.25, -0.2) is 0 Å². The van der Waals surface area contributed by atoms with Gasteiger partial charge in [-0.1, -0.05) is 94.4 Å². The molecule has 3 heterocycles. The number of hydrogen-bond acceptors (Lipinski definition) is 2. The minimum atomic E-state index is 0.0300. The van der Waals surface area contributed by atoms with Gasteiger partial charge in [0.2, 0.25) is 5.43 Å². The van der Waals surface area contributed by atoms with E-state index in [2.05, 4.69) is 146 Å². The monoisotopic (exact) mass is 610 g/mol. The lowest BCUT2D eigenvalue weighted by Gasteiger charge is -2.15.